The van der Waals surface area contributed by atoms with Crippen LogP contribution in [0.4, 0.5) is 11.6 Å². The first-order valence-corrected chi connectivity index (χ1v) is 7.96. The van der Waals surface area contributed by atoms with Gasteiger partial charge in [-0.2, -0.15) is 4.98 Å². The standard InChI is InChI=1S/C17H9ClN4O5/c18-11-4-3-9(20-16(23)13-5-6-14(26-13)22(24)25)8-10(11)17-21-15-12(27-17)2-1-7-19-15/h1-8H,(H,20,23). The molecule has 1 N–H and O–H groups in total. The van der Waals surface area contributed by atoms with Gasteiger partial charge in [0.2, 0.25) is 5.89 Å². The molecule has 1 amide bonds. The average molecular weight is 385 g/mol. The highest BCUT2D eigenvalue weighted by Crippen LogP contribution is 2.32. The maximum Gasteiger partial charge on any atom is 0.433 e. The molecule has 10 heteroatoms. The Hall–Kier alpha value is -3.72. The summed E-state index contributed by atoms with van der Waals surface area (Å²) in [6.45, 7) is 0. The quantitative estimate of drug-likeness (QED) is 0.410. The van der Waals surface area contributed by atoms with Gasteiger partial charge in [0, 0.05) is 11.9 Å². The molecule has 0 spiro atoms. The monoisotopic (exact) mass is 384 g/mol. The number of nitro groups is 1. The van der Waals surface area contributed by atoms with Gasteiger partial charge in [-0.25, -0.2) is 4.98 Å². The number of fused-ring (bicyclic) bond motifs is 1. The van der Waals surface area contributed by atoms with Crippen LogP contribution in [-0.4, -0.2) is 20.8 Å². The number of pyridine rings is 1. The Bertz CT molecular complexity index is 1150. The van der Waals surface area contributed by atoms with Crippen molar-refractivity contribution >= 4 is 40.3 Å². The molecule has 0 saturated carbocycles. The van der Waals surface area contributed by atoms with Crippen LogP contribution in [0.25, 0.3) is 22.7 Å². The third-order valence-electron chi connectivity index (χ3n) is 3.62. The largest absolute Gasteiger partial charge is 0.434 e. The topological polar surface area (TPSA) is 124 Å². The van der Waals surface area contributed by atoms with Gasteiger partial charge in [0.1, 0.15) is 4.92 Å². The molecule has 0 unspecified atom stereocenters. The van der Waals surface area contributed by atoms with Gasteiger partial charge >= 0.3 is 5.88 Å². The predicted molar refractivity (Wildman–Crippen MR) is 95.6 cm³/mol. The number of nitrogens with zero attached hydrogens (tertiary/aromatic N) is 3. The molecule has 0 radical (unpaired) electrons. The summed E-state index contributed by atoms with van der Waals surface area (Å²) < 4.78 is 10.5. The summed E-state index contributed by atoms with van der Waals surface area (Å²) in [5.74, 6) is -1.10. The number of anilines is 1. The Morgan fingerprint density at radius 1 is 1.19 bits per heavy atom. The Balaban J connectivity index is 1.63. The number of hydrogen-bond acceptors (Lipinski definition) is 7. The van der Waals surface area contributed by atoms with E-state index in [-0.39, 0.29) is 11.7 Å². The molecule has 4 aromatic rings. The zero-order chi connectivity index (χ0) is 19.0. The molecule has 27 heavy (non-hydrogen) atoms. The summed E-state index contributed by atoms with van der Waals surface area (Å²) in [5, 5.41) is 13.6. The van der Waals surface area contributed by atoms with Gasteiger partial charge in [-0.3, -0.25) is 14.9 Å². The summed E-state index contributed by atoms with van der Waals surface area (Å²) in [7, 11) is 0. The Kier molecular flexibility index (Phi) is 4.05. The first kappa shape index (κ1) is 16.7. The SMILES string of the molecule is O=C(Nc1ccc(Cl)c(-c2nc3ncccc3o2)c1)c1ccc([N+](=O)[O-])o1. The number of carbonyl (C=O) groups excluding carboxylic acids is 1. The Morgan fingerprint density at radius 3 is 2.78 bits per heavy atom. The molecule has 0 aliphatic rings. The Morgan fingerprint density at radius 2 is 2.04 bits per heavy atom. The summed E-state index contributed by atoms with van der Waals surface area (Å²) in [6, 6.07) is 10.5. The van der Waals surface area contributed by atoms with E-state index >= 15 is 0 Å². The summed E-state index contributed by atoms with van der Waals surface area (Å²) in [5.41, 5.74) is 1.77. The minimum Gasteiger partial charge on any atom is -0.434 e. The van der Waals surface area contributed by atoms with E-state index in [2.05, 4.69) is 15.3 Å². The molecule has 1 aromatic carbocycles. The fraction of sp³-hybridized carbons (Fsp3) is 0. The molecule has 0 aliphatic carbocycles. The fourth-order valence-corrected chi connectivity index (χ4v) is 2.59. The highest BCUT2D eigenvalue weighted by molar-refractivity contribution is 6.33. The fourth-order valence-electron chi connectivity index (χ4n) is 2.39. The van der Waals surface area contributed by atoms with Gasteiger partial charge in [-0.1, -0.05) is 11.6 Å². The number of halogens is 1. The zero-order valence-electron chi connectivity index (χ0n) is 13.4. The molecule has 134 valence electrons. The van der Waals surface area contributed by atoms with E-state index in [1.807, 2.05) is 0 Å². The van der Waals surface area contributed by atoms with Crippen molar-refractivity contribution in [1.29, 1.82) is 0 Å². The van der Waals surface area contributed by atoms with Crippen LogP contribution >= 0.6 is 11.6 Å². The third-order valence-corrected chi connectivity index (χ3v) is 3.94. The summed E-state index contributed by atoms with van der Waals surface area (Å²) in [6.07, 6.45) is 1.59. The van der Waals surface area contributed by atoms with Crippen molar-refractivity contribution in [3.63, 3.8) is 0 Å². The molecular weight excluding hydrogens is 376 g/mol. The lowest BCUT2D eigenvalue weighted by molar-refractivity contribution is -0.402. The smallest absolute Gasteiger partial charge is 0.433 e. The first-order chi connectivity index (χ1) is 13.0. The van der Waals surface area contributed by atoms with Gasteiger partial charge in [-0.15, -0.1) is 0 Å². The first-order valence-electron chi connectivity index (χ1n) is 7.58. The molecule has 0 atom stereocenters. The van der Waals surface area contributed by atoms with Crippen molar-refractivity contribution in [3.8, 4) is 11.5 Å². The molecule has 9 nitrogen and oxygen atoms in total. The number of amides is 1. The zero-order valence-corrected chi connectivity index (χ0v) is 14.1. The van der Waals surface area contributed by atoms with Gasteiger partial charge < -0.3 is 14.2 Å². The molecule has 0 saturated heterocycles. The number of benzene rings is 1. The van der Waals surface area contributed by atoms with Crippen LogP contribution < -0.4 is 5.32 Å². The molecule has 4 rings (SSSR count). The van der Waals surface area contributed by atoms with Crippen LogP contribution in [0.1, 0.15) is 10.6 Å². The maximum atomic E-state index is 12.2. The van der Waals surface area contributed by atoms with Gasteiger partial charge in [0.25, 0.3) is 5.91 Å². The number of hydrogen-bond donors (Lipinski definition) is 1. The number of furan rings is 1. The maximum absolute atomic E-state index is 12.2. The second kappa shape index (κ2) is 6.54. The number of aromatic nitrogens is 2. The average Bonchev–Trinajstić information content (AvgIpc) is 3.30. The number of oxazole rings is 1. The molecule has 3 heterocycles. The number of nitrogens with one attached hydrogen (secondary N) is 1. The van der Waals surface area contributed by atoms with Gasteiger partial charge in [0.05, 0.1) is 16.7 Å². The van der Waals surface area contributed by atoms with Crippen molar-refractivity contribution in [2.45, 2.75) is 0 Å². The minimum absolute atomic E-state index is 0.190. The second-order valence-corrected chi connectivity index (χ2v) is 5.80. The third kappa shape index (κ3) is 3.23. The number of rotatable bonds is 4. The summed E-state index contributed by atoms with van der Waals surface area (Å²) >= 11 is 6.22. The molecule has 0 bridgehead atoms. The van der Waals surface area contributed by atoms with Crippen LogP contribution in [0, 0.1) is 10.1 Å². The van der Waals surface area contributed by atoms with Crippen molar-refractivity contribution in [3.05, 3.63) is 69.6 Å². The van der Waals surface area contributed by atoms with Crippen molar-refractivity contribution in [2.24, 2.45) is 0 Å². The normalized spacial score (nSPS) is 10.9. The molecule has 0 aliphatic heterocycles. The number of carbonyl (C=O) groups is 1. The van der Waals surface area contributed by atoms with E-state index in [4.69, 9.17) is 20.4 Å². The minimum atomic E-state index is -0.724. The van der Waals surface area contributed by atoms with Crippen molar-refractivity contribution < 1.29 is 18.6 Å². The van der Waals surface area contributed by atoms with E-state index in [0.29, 0.717) is 27.5 Å². The lowest BCUT2D eigenvalue weighted by Gasteiger charge is -2.06. The van der Waals surface area contributed by atoms with Crippen LogP contribution in [0.2, 0.25) is 5.02 Å². The van der Waals surface area contributed by atoms with Crippen molar-refractivity contribution in [2.75, 3.05) is 5.32 Å². The van der Waals surface area contributed by atoms with E-state index in [9.17, 15) is 14.9 Å². The van der Waals surface area contributed by atoms with Crippen LogP contribution in [0.3, 0.4) is 0 Å². The highest BCUT2D eigenvalue weighted by Gasteiger charge is 2.18. The summed E-state index contributed by atoms with van der Waals surface area (Å²) in [4.78, 5) is 30.5. The predicted octanol–water partition coefficient (Wildman–Crippen LogP) is 4.30. The Labute approximate surface area is 155 Å². The highest BCUT2D eigenvalue weighted by atomic mass is 35.5. The second-order valence-electron chi connectivity index (χ2n) is 5.39. The van der Waals surface area contributed by atoms with E-state index in [0.717, 1.165) is 6.07 Å². The van der Waals surface area contributed by atoms with Gasteiger partial charge in [0.15, 0.2) is 17.0 Å². The van der Waals surface area contributed by atoms with E-state index in [1.165, 1.54) is 6.07 Å². The van der Waals surface area contributed by atoms with Gasteiger partial charge in [-0.05, 0) is 36.4 Å². The molecule has 3 aromatic heterocycles. The molecule has 0 fully saturated rings. The van der Waals surface area contributed by atoms with Crippen molar-refractivity contribution in [1.82, 2.24) is 9.97 Å². The van der Waals surface area contributed by atoms with Crippen LogP contribution in [-0.2, 0) is 0 Å². The lowest BCUT2D eigenvalue weighted by atomic mass is 10.2. The van der Waals surface area contributed by atoms with Crippen LogP contribution in [0.15, 0.2) is 57.5 Å². The van der Waals surface area contributed by atoms with E-state index in [1.54, 1.807) is 36.5 Å². The lowest BCUT2D eigenvalue weighted by Crippen LogP contribution is -2.10. The molecular formula is C17H9ClN4O5. The van der Waals surface area contributed by atoms with E-state index < -0.39 is 16.7 Å². The van der Waals surface area contributed by atoms with Crippen LogP contribution in [0.5, 0.6) is 0 Å².